The van der Waals surface area contributed by atoms with Crippen molar-refractivity contribution < 1.29 is 33.0 Å². The van der Waals surface area contributed by atoms with Crippen LogP contribution in [0.1, 0.15) is 39.6 Å². The zero-order valence-electron chi connectivity index (χ0n) is 16.8. The van der Waals surface area contributed by atoms with Crippen LogP contribution in [0.25, 0.3) is 6.08 Å². The maximum absolute atomic E-state index is 13.1. The second-order valence-corrected chi connectivity index (χ2v) is 7.12. The zero-order valence-corrected chi connectivity index (χ0v) is 16.8. The molecule has 7 nitrogen and oxygen atoms in total. The SMILES string of the molecule is COc1cccc(/C=C2\Oc3c(ccc4c3[C@@H](c3ccco3)CC(=O)O4)C2=O)c1OC. The predicted octanol–water partition coefficient (Wildman–Crippen LogP) is 4.35. The fraction of sp³-hybridized carbons (Fsp3) is 0.167. The summed E-state index contributed by atoms with van der Waals surface area (Å²) in [5.41, 5.74) is 1.67. The number of ether oxygens (including phenoxy) is 4. The van der Waals surface area contributed by atoms with Gasteiger partial charge in [-0.15, -0.1) is 0 Å². The number of ketones is 1. The van der Waals surface area contributed by atoms with Gasteiger partial charge in [0.1, 0.15) is 17.3 Å². The topological polar surface area (TPSA) is 84.2 Å². The van der Waals surface area contributed by atoms with Crippen LogP contribution in [0.15, 0.2) is 58.9 Å². The lowest BCUT2D eigenvalue weighted by molar-refractivity contribution is -0.135. The molecule has 0 spiro atoms. The molecule has 0 aliphatic carbocycles. The Morgan fingerprint density at radius 3 is 2.61 bits per heavy atom. The van der Waals surface area contributed by atoms with Gasteiger partial charge in [-0.3, -0.25) is 9.59 Å². The van der Waals surface area contributed by atoms with Crippen molar-refractivity contribution in [3.8, 4) is 23.0 Å². The number of carbonyl (C=O) groups is 2. The molecule has 3 aromatic rings. The number of carbonyl (C=O) groups excluding carboxylic acids is 2. The van der Waals surface area contributed by atoms with Crippen molar-refractivity contribution in [2.75, 3.05) is 14.2 Å². The lowest BCUT2D eigenvalue weighted by Crippen LogP contribution is -2.21. The summed E-state index contributed by atoms with van der Waals surface area (Å²) in [6.07, 6.45) is 3.26. The number of methoxy groups -OCH3 is 2. The standard InChI is InChI=1S/C24H18O7/c1-27-18-6-3-5-13(23(18)28-2)11-19-22(26)14-8-9-17-21(24(14)31-19)15(12-20(25)30-17)16-7-4-10-29-16/h3-11,15H,12H2,1-2H3/b19-11-/t15-/m1/s1. The Hall–Kier alpha value is -4.00. The summed E-state index contributed by atoms with van der Waals surface area (Å²) >= 11 is 0. The third-order valence-corrected chi connectivity index (χ3v) is 5.39. The molecule has 2 aliphatic rings. The molecule has 0 radical (unpaired) electrons. The lowest BCUT2D eigenvalue weighted by atomic mass is 9.88. The highest BCUT2D eigenvalue weighted by Crippen LogP contribution is 2.49. The van der Waals surface area contributed by atoms with Gasteiger partial charge < -0.3 is 23.4 Å². The fourth-order valence-electron chi connectivity index (χ4n) is 4.01. The second-order valence-electron chi connectivity index (χ2n) is 7.12. The minimum atomic E-state index is -0.403. The van der Waals surface area contributed by atoms with E-state index in [0.29, 0.717) is 45.4 Å². The molecule has 31 heavy (non-hydrogen) atoms. The number of allylic oxidation sites excluding steroid dienone is 1. The van der Waals surface area contributed by atoms with Crippen LogP contribution in [0.3, 0.4) is 0 Å². The highest BCUT2D eigenvalue weighted by atomic mass is 16.5. The van der Waals surface area contributed by atoms with Gasteiger partial charge in [0, 0.05) is 11.1 Å². The first-order valence-corrected chi connectivity index (χ1v) is 9.67. The van der Waals surface area contributed by atoms with Gasteiger partial charge in [0.05, 0.1) is 38.4 Å². The number of rotatable bonds is 4. The maximum Gasteiger partial charge on any atom is 0.312 e. The molecular formula is C24H18O7. The van der Waals surface area contributed by atoms with E-state index >= 15 is 0 Å². The molecule has 2 aliphatic heterocycles. The van der Waals surface area contributed by atoms with Crippen molar-refractivity contribution >= 4 is 17.8 Å². The quantitative estimate of drug-likeness (QED) is 0.354. The molecule has 0 saturated heterocycles. The number of para-hydroxylation sites is 1. The number of hydrogen-bond donors (Lipinski definition) is 0. The number of Topliss-reactive ketones (excluding diaryl/α,β-unsaturated/α-hetero) is 1. The van der Waals surface area contributed by atoms with Crippen LogP contribution in [0, 0.1) is 0 Å². The van der Waals surface area contributed by atoms with E-state index in [1.165, 1.54) is 7.11 Å². The van der Waals surface area contributed by atoms with E-state index in [0.717, 1.165) is 0 Å². The molecule has 156 valence electrons. The van der Waals surface area contributed by atoms with E-state index in [2.05, 4.69) is 0 Å². The summed E-state index contributed by atoms with van der Waals surface area (Å²) in [5, 5.41) is 0. The number of benzene rings is 2. The fourth-order valence-corrected chi connectivity index (χ4v) is 4.01. The van der Waals surface area contributed by atoms with Gasteiger partial charge in [0.15, 0.2) is 17.3 Å². The van der Waals surface area contributed by atoms with Crippen LogP contribution >= 0.6 is 0 Å². The number of esters is 1. The van der Waals surface area contributed by atoms with E-state index in [1.54, 1.807) is 61.9 Å². The molecule has 0 saturated carbocycles. The molecule has 5 rings (SSSR count). The Labute approximate surface area is 177 Å². The molecule has 0 N–H and O–H groups in total. The molecule has 0 fully saturated rings. The van der Waals surface area contributed by atoms with Crippen LogP contribution in [0.4, 0.5) is 0 Å². The average Bonchev–Trinajstić information content (AvgIpc) is 3.41. The summed E-state index contributed by atoms with van der Waals surface area (Å²) < 4.78 is 27.8. The third-order valence-electron chi connectivity index (χ3n) is 5.39. The zero-order chi connectivity index (χ0) is 21.5. The van der Waals surface area contributed by atoms with Crippen LogP contribution < -0.4 is 18.9 Å². The van der Waals surface area contributed by atoms with Gasteiger partial charge in [-0.1, -0.05) is 12.1 Å². The largest absolute Gasteiger partial charge is 0.493 e. The molecular weight excluding hydrogens is 400 g/mol. The molecule has 2 aromatic carbocycles. The first kappa shape index (κ1) is 19.0. The number of furan rings is 1. The van der Waals surface area contributed by atoms with Crippen molar-refractivity contribution in [2.24, 2.45) is 0 Å². The van der Waals surface area contributed by atoms with Gasteiger partial charge in [-0.05, 0) is 36.4 Å². The lowest BCUT2D eigenvalue weighted by Gasteiger charge is -2.24. The van der Waals surface area contributed by atoms with Gasteiger partial charge in [0.2, 0.25) is 5.78 Å². The Bertz CT molecular complexity index is 1220. The van der Waals surface area contributed by atoms with E-state index in [1.807, 2.05) is 0 Å². The first-order chi connectivity index (χ1) is 15.1. The summed E-state index contributed by atoms with van der Waals surface area (Å²) in [4.78, 5) is 25.2. The average molecular weight is 418 g/mol. The van der Waals surface area contributed by atoms with Gasteiger partial charge in [-0.25, -0.2) is 0 Å². The molecule has 0 bridgehead atoms. The summed E-state index contributed by atoms with van der Waals surface area (Å²) in [5.74, 6) is 1.50. The monoisotopic (exact) mass is 418 g/mol. The normalized spacial score (nSPS) is 18.3. The molecule has 0 amide bonds. The first-order valence-electron chi connectivity index (χ1n) is 9.67. The molecule has 1 aromatic heterocycles. The Morgan fingerprint density at radius 2 is 1.87 bits per heavy atom. The van der Waals surface area contributed by atoms with Crippen LogP contribution in [0.2, 0.25) is 0 Å². The third kappa shape index (κ3) is 3.06. The van der Waals surface area contributed by atoms with Crippen molar-refractivity contribution in [1.29, 1.82) is 0 Å². The minimum absolute atomic E-state index is 0.0945. The Kier molecular flexibility index (Phi) is 4.51. The van der Waals surface area contributed by atoms with Crippen LogP contribution in [0.5, 0.6) is 23.0 Å². The van der Waals surface area contributed by atoms with Crippen LogP contribution in [-0.4, -0.2) is 26.0 Å². The van der Waals surface area contributed by atoms with E-state index in [9.17, 15) is 9.59 Å². The Morgan fingerprint density at radius 1 is 1.00 bits per heavy atom. The molecule has 1 atom stereocenters. The highest BCUT2D eigenvalue weighted by molar-refractivity contribution is 6.15. The Balaban J connectivity index is 1.61. The summed E-state index contributed by atoms with van der Waals surface area (Å²) in [6, 6.07) is 12.2. The van der Waals surface area contributed by atoms with E-state index in [-0.39, 0.29) is 23.9 Å². The van der Waals surface area contributed by atoms with Crippen molar-refractivity contribution in [2.45, 2.75) is 12.3 Å². The van der Waals surface area contributed by atoms with Crippen molar-refractivity contribution in [3.63, 3.8) is 0 Å². The molecule has 0 unspecified atom stereocenters. The number of fused-ring (bicyclic) bond motifs is 3. The molecule has 7 heteroatoms. The van der Waals surface area contributed by atoms with Crippen LogP contribution in [-0.2, 0) is 4.79 Å². The van der Waals surface area contributed by atoms with Gasteiger partial charge in [-0.2, -0.15) is 0 Å². The van der Waals surface area contributed by atoms with Gasteiger partial charge in [0.25, 0.3) is 0 Å². The van der Waals surface area contributed by atoms with Crippen molar-refractivity contribution in [1.82, 2.24) is 0 Å². The summed E-state index contributed by atoms with van der Waals surface area (Å²) in [6.45, 7) is 0. The van der Waals surface area contributed by atoms with Gasteiger partial charge >= 0.3 is 5.97 Å². The predicted molar refractivity (Wildman–Crippen MR) is 110 cm³/mol. The number of hydrogen-bond acceptors (Lipinski definition) is 7. The molecule has 3 heterocycles. The highest BCUT2D eigenvalue weighted by Gasteiger charge is 2.39. The van der Waals surface area contributed by atoms with E-state index in [4.69, 9.17) is 23.4 Å². The second kappa shape index (κ2) is 7.36. The minimum Gasteiger partial charge on any atom is -0.493 e. The van der Waals surface area contributed by atoms with E-state index < -0.39 is 5.92 Å². The smallest absolute Gasteiger partial charge is 0.312 e. The summed E-state index contributed by atoms with van der Waals surface area (Å²) in [7, 11) is 3.08. The maximum atomic E-state index is 13.1. The van der Waals surface area contributed by atoms with Crippen molar-refractivity contribution in [3.05, 3.63) is 76.9 Å².